The highest BCUT2D eigenvalue weighted by Gasteiger charge is 2.28. The highest BCUT2D eigenvalue weighted by Crippen LogP contribution is 2.10. The molecule has 0 radical (unpaired) electrons. The van der Waals surface area contributed by atoms with E-state index in [1.165, 1.54) is 26.2 Å². The Morgan fingerprint density at radius 2 is 1.89 bits per heavy atom. The fourth-order valence-corrected chi connectivity index (χ4v) is 1.02. The van der Waals surface area contributed by atoms with Crippen LogP contribution in [0.5, 0.6) is 0 Å². The van der Waals surface area contributed by atoms with Gasteiger partial charge in [0.05, 0.1) is 6.17 Å². The van der Waals surface area contributed by atoms with E-state index < -0.39 is 0 Å². The minimum Gasteiger partial charge on any atom is -0.315 e. The number of nitrogens with zero attached hydrogens (tertiary/aromatic N) is 2. The van der Waals surface area contributed by atoms with Crippen molar-refractivity contribution in [2.45, 2.75) is 6.17 Å². The van der Waals surface area contributed by atoms with Crippen molar-refractivity contribution in [1.29, 1.82) is 0 Å². The summed E-state index contributed by atoms with van der Waals surface area (Å²) in [5.74, 6) is 0. The zero-order valence-electron chi connectivity index (χ0n) is 5.58. The molecule has 2 aliphatic heterocycles. The summed E-state index contributed by atoms with van der Waals surface area (Å²) in [6.45, 7) is 6.05. The standard InChI is InChI=1S/C6H13N3/c7-6(9-3-4-9)5-8-1-2-8/h6H,1-5,7H2. The first-order valence-electron chi connectivity index (χ1n) is 3.58. The van der Waals surface area contributed by atoms with Crippen molar-refractivity contribution >= 4 is 0 Å². The molecule has 0 amide bonds. The van der Waals surface area contributed by atoms with Crippen LogP contribution in [0.3, 0.4) is 0 Å². The molecule has 0 spiro atoms. The highest BCUT2D eigenvalue weighted by atomic mass is 15.4. The fraction of sp³-hybridized carbons (Fsp3) is 1.00. The van der Waals surface area contributed by atoms with E-state index in [0.29, 0.717) is 6.17 Å². The van der Waals surface area contributed by atoms with Gasteiger partial charge in [-0.3, -0.25) is 9.80 Å². The predicted octanol–water partition coefficient (Wildman–Crippen LogP) is -1.10. The summed E-state index contributed by atoms with van der Waals surface area (Å²) in [6.07, 6.45) is 0.326. The van der Waals surface area contributed by atoms with Crippen molar-refractivity contribution in [2.75, 3.05) is 32.7 Å². The number of rotatable bonds is 3. The molecule has 2 fully saturated rings. The maximum absolute atomic E-state index is 5.80. The molecule has 52 valence electrons. The predicted molar refractivity (Wildman–Crippen MR) is 36.0 cm³/mol. The molecule has 3 nitrogen and oxygen atoms in total. The summed E-state index contributed by atoms with van der Waals surface area (Å²) in [5, 5.41) is 0. The molecule has 2 aliphatic rings. The van der Waals surface area contributed by atoms with Crippen LogP contribution >= 0.6 is 0 Å². The molecule has 0 aliphatic carbocycles. The molecule has 0 aromatic heterocycles. The third kappa shape index (κ3) is 1.41. The monoisotopic (exact) mass is 127 g/mol. The highest BCUT2D eigenvalue weighted by molar-refractivity contribution is 4.84. The van der Waals surface area contributed by atoms with E-state index in [1.54, 1.807) is 0 Å². The zero-order chi connectivity index (χ0) is 6.27. The molecule has 1 atom stereocenters. The van der Waals surface area contributed by atoms with E-state index in [9.17, 15) is 0 Å². The lowest BCUT2D eigenvalue weighted by atomic mass is 10.5. The van der Waals surface area contributed by atoms with Crippen molar-refractivity contribution in [3.63, 3.8) is 0 Å². The largest absolute Gasteiger partial charge is 0.315 e. The Labute approximate surface area is 55.4 Å². The number of nitrogens with two attached hydrogens (primary N) is 1. The van der Waals surface area contributed by atoms with Gasteiger partial charge in [-0.15, -0.1) is 0 Å². The summed E-state index contributed by atoms with van der Waals surface area (Å²) in [5.41, 5.74) is 5.80. The summed E-state index contributed by atoms with van der Waals surface area (Å²) in [6, 6.07) is 0. The normalized spacial score (nSPS) is 30.3. The van der Waals surface area contributed by atoms with Crippen LogP contribution in [-0.2, 0) is 0 Å². The second-order valence-electron chi connectivity index (χ2n) is 2.90. The summed E-state index contributed by atoms with van der Waals surface area (Å²) in [7, 11) is 0. The molecule has 1 unspecified atom stereocenters. The van der Waals surface area contributed by atoms with Crippen molar-refractivity contribution < 1.29 is 0 Å². The number of hydrogen-bond donors (Lipinski definition) is 1. The van der Waals surface area contributed by atoms with Crippen LogP contribution in [-0.4, -0.2) is 48.7 Å². The van der Waals surface area contributed by atoms with Crippen LogP contribution in [0.15, 0.2) is 0 Å². The smallest absolute Gasteiger partial charge is 0.0703 e. The minimum absolute atomic E-state index is 0.326. The van der Waals surface area contributed by atoms with Gasteiger partial charge in [0.2, 0.25) is 0 Å². The van der Waals surface area contributed by atoms with Gasteiger partial charge >= 0.3 is 0 Å². The van der Waals surface area contributed by atoms with Gasteiger partial charge in [0.1, 0.15) is 0 Å². The third-order valence-electron chi connectivity index (χ3n) is 1.94. The van der Waals surface area contributed by atoms with Crippen LogP contribution < -0.4 is 5.73 Å². The number of hydrogen-bond acceptors (Lipinski definition) is 3. The third-order valence-corrected chi connectivity index (χ3v) is 1.94. The molecule has 0 saturated carbocycles. The van der Waals surface area contributed by atoms with Gasteiger partial charge < -0.3 is 5.73 Å². The average molecular weight is 127 g/mol. The molecule has 2 N–H and O–H groups in total. The second-order valence-corrected chi connectivity index (χ2v) is 2.90. The molecule has 2 heterocycles. The van der Waals surface area contributed by atoms with Crippen molar-refractivity contribution in [1.82, 2.24) is 9.80 Å². The lowest BCUT2D eigenvalue weighted by molar-refractivity contribution is 0.345. The topological polar surface area (TPSA) is 32.0 Å². The summed E-state index contributed by atoms with van der Waals surface area (Å²) in [4.78, 5) is 4.65. The Hall–Kier alpha value is -0.120. The Morgan fingerprint density at radius 1 is 1.22 bits per heavy atom. The Bertz CT molecular complexity index is 107. The molecular formula is C6H13N3. The van der Waals surface area contributed by atoms with Gasteiger partial charge in [0.15, 0.2) is 0 Å². The molecular weight excluding hydrogens is 114 g/mol. The molecule has 0 aromatic carbocycles. The van der Waals surface area contributed by atoms with Gasteiger partial charge in [0.25, 0.3) is 0 Å². The van der Waals surface area contributed by atoms with Crippen LogP contribution in [0, 0.1) is 0 Å². The Kier molecular flexibility index (Phi) is 1.22. The van der Waals surface area contributed by atoms with E-state index in [4.69, 9.17) is 5.73 Å². The molecule has 0 aromatic rings. The molecule has 0 bridgehead atoms. The molecule has 2 saturated heterocycles. The first-order chi connectivity index (χ1) is 4.36. The Morgan fingerprint density at radius 3 is 2.33 bits per heavy atom. The Balaban J connectivity index is 1.69. The van der Waals surface area contributed by atoms with Crippen LogP contribution in [0.4, 0.5) is 0 Å². The maximum Gasteiger partial charge on any atom is 0.0703 e. The molecule has 3 heteroatoms. The van der Waals surface area contributed by atoms with Crippen LogP contribution in [0.1, 0.15) is 0 Å². The first-order valence-corrected chi connectivity index (χ1v) is 3.58. The molecule has 9 heavy (non-hydrogen) atoms. The van der Waals surface area contributed by atoms with Gasteiger partial charge in [-0.1, -0.05) is 0 Å². The van der Waals surface area contributed by atoms with E-state index >= 15 is 0 Å². The lowest BCUT2D eigenvalue weighted by Gasteiger charge is -2.11. The van der Waals surface area contributed by atoms with E-state index in [-0.39, 0.29) is 0 Å². The SMILES string of the molecule is NC(CN1CC1)N1CC1. The van der Waals surface area contributed by atoms with Crippen LogP contribution in [0.25, 0.3) is 0 Å². The van der Waals surface area contributed by atoms with Crippen molar-refractivity contribution in [3.05, 3.63) is 0 Å². The van der Waals surface area contributed by atoms with Gasteiger partial charge in [-0.2, -0.15) is 0 Å². The molecule has 2 rings (SSSR count). The van der Waals surface area contributed by atoms with Gasteiger partial charge in [-0.05, 0) is 0 Å². The summed E-state index contributed by atoms with van der Waals surface area (Å²) >= 11 is 0. The minimum atomic E-state index is 0.326. The van der Waals surface area contributed by atoms with Crippen LogP contribution in [0.2, 0.25) is 0 Å². The maximum atomic E-state index is 5.80. The summed E-state index contributed by atoms with van der Waals surface area (Å²) < 4.78 is 0. The lowest BCUT2D eigenvalue weighted by Crippen LogP contribution is -2.36. The van der Waals surface area contributed by atoms with E-state index in [1.807, 2.05) is 0 Å². The average Bonchev–Trinajstić information content (AvgIpc) is 2.62. The van der Waals surface area contributed by atoms with E-state index in [2.05, 4.69) is 9.80 Å². The van der Waals surface area contributed by atoms with Crippen molar-refractivity contribution in [2.24, 2.45) is 5.73 Å². The van der Waals surface area contributed by atoms with E-state index in [0.717, 1.165) is 6.54 Å². The van der Waals surface area contributed by atoms with Crippen molar-refractivity contribution in [3.8, 4) is 0 Å². The second kappa shape index (κ2) is 1.94. The zero-order valence-corrected chi connectivity index (χ0v) is 5.58. The first kappa shape index (κ1) is 5.65. The quantitative estimate of drug-likeness (QED) is 0.488. The fourth-order valence-electron chi connectivity index (χ4n) is 1.02. The van der Waals surface area contributed by atoms with Gasteiger partial charge in [0, 0.05) is 32.7 Å². The van der Waals surface area contributed by atoms with Gasteiger partial charge in [-0.25, -0.2) is 0 Å².